The number of carbonyl (C=O) groups is 2. The molecule has 88 valence electrons. The van der Waals surface area contributed by atoms with Gasteiger partial charge in [-0.15, -0.1) is 0 Å². The number of hydrogen-bond acceptors (Lipinski definition) is 4. The fourth-order valence-corrected chi connectivity index (χ4v) is 1.76. The maximum atomic E-state index is 11.4. The predicted octanol–water partition coefficient (Wildman–Crippen LogP) is 1.79. The smallest absolute Gasteiger partial charge is 0.337 e. The van der Waals surface area contributed by atoms with Crippen molar-refractivity contribution in [2.75, 3.05) is 7.11 Å². The van der Waals surface area contributed by atoms with Gasteiger partial charge in [0.25, 0.3) is 0 Å². The van der Waals surface area contributed by atoms with Gasteiger partial charge in [-0.1, -0.05) is 6.07 Å². The predicted molar refractivity (Wildman–Crippen MR) is 61.2 cm³/mol. The number of nitrogens with zero attached hydrogens (tertiary/aromatic N) is 1. The lowest BCUT2D eigenvalue weighted by molar-refractivity contribution is 0.0600. The molecule has 0 radical (unpaired) electrons. The lowest BCUT2D eigenvalue weighted by Crippen LogP contribution is -2.06. The van der Waals surface area contributed by atoms with Crippen molar-refractivity contribution in [2.45, 2.75) is 6.92 Å². The molecule has 0 fully saturated rings. The van der Waals surface area contributed by atoms with Crippen LogP contribution in [-0.4, -0.2) is 28.7 Å². The fraction of sp³-hybridized carbons (Fsp3) is 0.167. The molecule has 2 aromatic rings. The quantitative estimate of drug-likeness (QED) is 0.762. The minimum absolute atomic E-state index is 0.144. The molecule has 2 rings (SSSR count). The van der Waals surface area contributed by atoms with Crippen molar-refractivity contribution in [3.8, 4) is 5.88 Å². The molecule has 0 bridgehead atoms. The Morgan fingerprint density at radius 1 is 1.29 bits per heavy atom. The zero-order valence-corrected chi connectivity index (χ0v) is 9.43. The van der Waals surface area contributed by atoms with E-state index in [-0.39, 0.29) is 11.8 Å². The van der Waals surface area contributed by atoms with Crippen LogP contribution in [0.1, 0.15) is 22.1 Å². The van der Waals surface area contributed by atoms with Crippen molar-refractivity contribution >= 4 is 22.8 Å². The Morgan fingerprint density at radius 3 is 2.59 bits per heavy atom. The van der Waals surface area contributed by atoms with Crippen molar-refractivity contribution in [3.63, 3.8) is 0 Å². The average molecular weight is 233 g/mol. The highest BCUT2D eigenvalue weighted by atomic mass is 16.5. The molecule has 0 saturated carbocycles. The van der Waals surface area contributed by atoms with Gasteiger partial charge in [0.1, 0.15) is 0 Å². The number of carbonyl (C=O) groups excluding carboxylic acids is 2. The van der Waals surface area contributed by atoms with Gasteiger partial charge in [0.15, 0.2) is 5.88 Å². The van der Waals surface area contributed by atoms with Crippen LogP contribution in [0, 0.1) is 0 Å². The standard InChI is InChI=1S/C12H11NO4/c1-7(14)13-10-5-9(12(16)17-2)4-3-8(10)6-11(13)15/h3-6,15H,1-2H3. The molecule has 5 nitrogen and oxygen atoms in total. The zero-order valence-electron chi connectivity index (χ0n) is 9.43. The molecule has 0 saturated heterocycles. The molecule has 1 aromatic heterocycles. The third-order valence-corrected chi connectivity index (χ3v) is 2.52. The molecule has 0 aliphatic rings. The van der Waals surface area contributed by atoms with E-state index in [1.807, 2.05) is 0 Å². The van der Waals surface area contributed by atoms with Crippen LogP contribution in [0.2, 0.25) is 0 Å². The normalized spacial score (nSPS) is 10.5. The summed E-state index contributed by atoms with van der Waals surface area (Å²) in [4.78, 5) is 22.7. The van der Waals surface area contributed by atoms with Crippen molar-refractivity contribution < 1.29 is 19.4 Å². The van der Waals surface area contributed by atoms with Crippen LogP contribution in [-0.2, 0) is 4.74 Å². The van der Waals surface area contributed by atoms with Crippen molar-refractivity contribution in [1.82, 2.24) is 4.57 Å². The summed E-state index contributed by atoms with van der Waals surface area (Å²) in [7, 11) is 1.29. The first-order valence-corrected chi connectivity index (χ1v) is 4.98. The largest absolute Gasteiger partial charge is 0.494 e. The van der Waals surface area contributed by atoms with Gasteiger partial charge in [-0.25, -0.2) is 4.79 Å². The molecule has 17 heavy (non-hydrogen) atoms. The Labute approximate surface area is 97.2 Å². The van der Waals surface area contributed by atoms with E-state index in [0.717, 1.165) is 4.57 Å². The van der Waals surface area contributed by atoms with Crippen LogP contribution in [0.5, 0.6) is 5.88 Å². The second-order valence-corrected chi connectivity index (χ2v) is 3.62. The van der Waals surface area contributed by atoms with Crippen LogP contribution in [0.3, 0.4) is 0 Å². The highest BCUT2D eigenvalue weighted by Gasteiger charge is 2.14. The lowest BCUT2D eigenvalue weighted by Gasteiger charge is -2.03. The van der Waals surface area contributed by atoms with E-state index in [1.165, 1.54) is 26.2 Å². The lowest BCUT2D eigenvalue weighted by atomic mass is 10.1. The maximum Gasteiger partial charge on any atom is 0.337 e. The summed E-state index contributed by atoms with van der Waals surface area (Å²) in [5.41, 5.74) is 0.818. The summed E-state index contributed by atoms with van der Waals surface area (Å²) in [6.07, 6.45) is 0. The molecule has 0 amide bonds. The minimum Gasteiger partial charge on any atom is -0.494 e. The molecular weight excluding hydrogens is 222 g/mol. The van der Waals surface area contributed by atoms with E-state index in [4.69, 9.17) is 0 Å². The number of benzene rings is 1. The van der Waals surface area contributed by atoms with Crippen LogP contribution in [0.15, 0.2) is 24.3 Å². The van der Waals surface area contributed by atoms with E-state index in [1.54, 1.807) is 12.1 Å². The Hall–Kier alpha value is -2.30. The van der Waals surface area contributed by atoms with Gasteiger partial charge in [-0.3, -0.25) is 9.36 Å². The first-order chi connectivity index (χ1) is 8.04. The van der Waals surface area contributed by atoms with Gasteiger partial charge < -0.3 is 9.84 Å². The maximum absolute atomic E-state index is 11.4. The van der Waals surface area contributed by atoms with Gasteiger partial charge in [-0.05, 0) is 12.1 Å². The minimum atomic E-state index is -0.484. The Morgan fingerprint density at radius 2 is 2.00 bits per heavy atom. The number of aromatic hydroxyl groups is 1. The fourth-order valence-electron chi connectivity index (χ4n) is 1.76. The monoisotopic (exact) mass is 233 g/mol. The molecule has 0 spiro atoms. The number of rotatable bonds is 1. The van der Waals surface area contributed by atoms with Gasteiger partial charge in [0.05, 0.1) is 18.2 Å². The first kappa shape index (κ1) is 11.2. The second kappa shape index (κ2) is 3.93. The average Bonchev–Trinajstić information content (AvgIpc) is 2.62. The van der Waals surface area contributed by atoms with E-state index in [2.05, 4.69) is 4.74 Å². The molecule has 1 aromatic carbocycles. The second-order valence-electron chi connectivity index (χ2n) is 3.62. The molecule has 0 atom stereocenters. The van der Waals surface area contributed by atoms with E-state index in [0.29, 0.717) is 16.5 Å². The van der Waals surface area contributed by atoms with Gasteiger partial charge in [-0.2, -0.15) is 0 Å². The number of esters is 1. The summed E-state index contributed by atoms with van der Waals surface area (Å²) in [5, 5.41) is 10.3. The van der Waals surface area contributed by atoms with Crippen LogP contribution in [0.25, 0.3) is 10.9 Å². The molecule has 0 aliphatic carbocycles. The van der Waals surface area contributed by atoms with Crippen LogP contribution >= 0.6 is 0 Å². The molecule has 1 heterocycles. The number of hydrogen-bond donors (Lipinski definition) is 1. The molecule has 5 heteroatoms. The summed E-state index contributed by atoms with van der Waals surface area (Å²) in [6, 6.07) is 6.22. The van der Waals surface area contributed by atoms with E-state index < -0.39 is 5.97 Å². The highest BCUT2D eigenvalue weighted by Crippen LogP contribution is 2.25. The van der Waals surface area contributed by atoms with Gasteiger partial charge in [0.2, 0.25) is 5.91 Å². The third kappa shape index (κ3) is 1.75. The Bertz CT molecular complexity index is 612. The molecule has 1 N–H and O–H groups in total. The molecule has 0 aliphatic heterocycles. The topological polar surface area (TPSA) is 68.5 Å². The summed E-state index contributed by atoms with van der Waals surface area (Å²) in [6.45, 7) is 1.34. The van der Waals surface area contributed by atoms with Crippen molar-refractivity contribution in [1.29, 1.82) is 0 Å². The SMILES string of the molecule is COC(=O)c1ccc2cc(O)n(C(C)=O)c2c1. The summed E-state index contributed by atoms with van der Waals surface area (Å²) in [5.74, 6) is -0.947. The van der Waals surface area contributed by atoms with E-state index >= 15 is 0 Å². The first-order valence-electron chi connectivity index (χ1n) is 4.98. The van der Waals surface area contributed by atoms with Gasteiger partial charge in [0, 0.05) is 18.4 Å². The summed E-state index contributed by atoms with van der Waals surface area (Å²) >= 11 is 0. The zero-order chi connectivity index (χ0) is 12.6. The highest BCUT2D eigenvalue weighted by molar-refractivity contribution is 5.99. The van der Waals surface area contributed by atoms with Crippen LogP contribution in [0.4, 0.5) is 0 Å². The number of fused-ring (bicyclic) bond motifs is 1. The Kier molecular flexibility index (Phi) is 2.59. The molecular formula is C12H11NO4. The van der Waals surface area contributed by atoms with Gasteiger partial charge >= 0.3 is 5.97 Å². The van der Waals surface area contributed by atoms with Crippen LogP contribution < -0.4 is 0 Å². The third-order valence-electron chi connectivity index (χ3n) is 2.52. The van der Waals surface area contributed by atoms with E-state index in [9.17, 15) is 14.7 Å². The number of methoxy groups -OCH3 is 1. The number of ether oxygens (including phenoxy) is 1. The molecule has 0 unspecified atom stereocenters. The summed E-state index contributed by atoms with van der Waals surface area (Å²) < 4.78 is 5.74. The Balaban J connectivity index is 2.70. The number of aromatic nitrogens is 1. The van der Waals surface area contributed by atoms with Crippen molar-refractivity contribution in [3.05, 3.63) is 29.8 Å². The van der Waals surface area contributed by atoms with Crippen molar-refractivity contribution in [2.24, 2.45) is 0 Å².